The predicted octanol–water partition coefficient (Wildman–Crippen LogP) is 2.75. The lowest BCUT2D eigenvalue weighted by Crippen LogP contribution is -2.15. The van der Waals surface area contributed by atoms with Crippen LogP contribution < -0.4 is 5.73 Å². The minimum atomic E-state index is 0.0881. The highest BCUT2D eigenvalue weighted by Gasteiger charge is 2.14. The molecule has 0 aliphatic heterocycles. The first kappa shape index (κ1) is 14.7. The first-order chi connectivity index (χ1) is 9.65. The minimum Gasteiger partial charge on any atom is -0.409 e. The van der Waals surface area contributed by atoms with Crippen LogP contribution in [0.2, 0.25) is 0 Å². The highest BCUT2D eigenvalue weighted by Crippen LogP contribution is 2.33. The van der Waals surface area contributed by atoms with Gasteiger partial charge in [0.05, 0.1) is 0 Å². The second-order valence-corrected chi connectivity index (χ2v) is 5.76. The van der Waals surface area contributed by atoms with Gasteiger partial charge in [-0.2, -0.15) is 0 Å². The summed E-state index contributed by atoms with van der Waals surface area (Å²) in [6.45, 7) is 1.91. The number of rotatable bonds is 4. The van der Waals surface area contributed by atoms with E-state index in [-0.39, 0.29) is 5.84 Å². The molecule has 3 N–H and O–H groups in total. The number of nitrogens with zero attached hydrogens (tertiary/aromatic N) is 3. The maximum absolute atomic E-state index is 8.96. The van der Waals surface area contributed by atoms with Crippen LogP contribution in [0.5, 0.6) is 0 Å². The number of hydrogen-bond acceptors (Lipinski definition) is 6. The molecule has 7 heteroatoms. The van der Waals surface area contributed by atoms with E-state index in [2.05, 4.69) is 15.1 Å². The van der Waals surface area contributed by atoms with Gasteiger partial charge in [-0.3, -0.25) is 0 Å². The normalized spacial score (nSPS) is 11.6. The molecule has 0 atom stereocenters. The van der Waals surface area contributed by atoms with Gasteiger partial charge < -0.3 is 10.9 Å². The van der Waals surface area contributed by atoms with Crippen molar-refractivity contribution in [1.82, 2.24) is 9.97 Å². The first-order valence-electron chi connectivity index (χ1n) is 5.78. The minimum absolute atomic E-state index is 0.0881. The van der Waals surface area contributed by atoms with Crippen molar-refractivity contribution in [2.75, 3.05) is 6.26 Å². The molecule has 1 aromatic heterocycles. The lowest BCUT2D eigenvalue weighted by Gasteiger charge is -2.11. The molecule has 2 aromatic rings. The van der Waals surface area contributed by atoms with Gasteiger partial charge in [-0.25, -0.2) is 9.97 Å². The molecule has 0 saturated heterocycles. The van der Waals surface area contributed by atoms with Crippen molar-refractivity contribution in [1.29, 1.82) is 0 Å². The van der Waals surface area contributed by atoms with E-state index in [9.17, 15) is 0 Å². The highest BCUT2D eigenvalue weighted by atomic mass is 32.2. The van der Waals surface area contributed by atoms with Crippen molar-refractivity contribution in [3.63, 3.8) is 0 Å². The standard InChI is InChI=1S/C13H14N4OS2/c1-8-6-7-15-13(16-8)20-10-5-3-4-9(19-2)11(10)12(14)17-18/h3-7,18H,1-2H3,(H2,14,17). The van der Waals surface area contributed by atoms with Gasteiger partial charge in [0.25, 0.3) is 0 Å². The van der Waals surface area contributed by atoms with Gasteiger partial charge in [-0.15, -0.1) is 11.8 Å². The van der Waals surface area contributed by atoms with Crippen molar-refractivity contribution in [2.24, 2.45) is 10.9 Å². The summed E-state index contributed by atoms with van der Waals surface area (Å²) in [5.74, 6) is 0.0881. The number of amidine groups is 1. The van der Waals surface area contributed by atoms with Crippen molar-refractivity contribution >= 4 is 29.4 Å². The molecule has 2 rings (SSSR count). The van der Waals surface area contributed by atoms with Crippen molar-refractivity contribution in [2.45, 2.75) is 21.9 Å². The van der Waals surface area contributed by atoms with Gasteiger partial charge >= 0.3 is 0 Å². The monoisotopic (exact) mass is 306 g/mol. The summed E-state index contributed by atoms with van der Waals surface area (Å²) < 4.78 is 0. The van der Waals surface area contributed by atoms with Gasteiger partial charge in [-0.05, 0) is 43.1 Å². The Kier molecular flexibility index (Phi) is 4.86. The fourth-order valence-corrected chi connectivity index (χ4v) is 3.30. The third-order valence-electron chi connectivity index (χ3n) is 2.55. The third kappa shape index (κ3) is 3.23. The van der Waals surface area contributed by atoms with Crippen molar-refractivity contribution in [3.05, 3.63) is 41.7 Å². The molecule has 0 saturated carbocycles. The summed E-state index contributed by atoms with van der Waals surface area (Å²) in [6, 6.07) is 7.60. The van der Waals surface area contributed by atoms with E-state index >= 15 is 0 Å². The molecule has 0 aliphatic carbocycles. The Hall–Kier alpha value is -1.73. The number of benzene rings is 1. The van der Waals surface area contributed by atoms with Crippen LogP contribution in [0.15, 0.2) is 50.6 Å². The molecule has 0 unspecified atom stereocenters. The molecule has 1 aromatic carbocycles. The largest absolute Gasteiger partial charge is 0.409 e. The summed E-state index contributed by atoms with van der Waals surface area (Å²) in [5, 5.41) is 12.7. The molecule has 0 bridgehead atoms. The summed E-state index contributed by atoms with van der Waals surface area (Å²) in [7, 11) is 0. The molecule has 104 valence electrons. The summed E-state index contributed by atoms with van der Waals surface area (Å²) >= 11 is 2.94. The quantitative estimate of drug-likeness (QED) is 0.226. The zero-order chi connectivity index (χ0) is 14.5. The topological polar surface area (TPSA) is 84.4 Å². The Morgan fingerprint density at radius 1 is 1.30 bits per heavy atom. The molecule has 0 fully saturated rings. The van der Waals surface area contributed by atoms with Crippen molar-refractivity contribution in [3.8, 4) is 0 Å². The molecular formula is C13H14N4OS2. The second-order valence-electron chi connectivity index (χ2n) is 3.90. The summed E-state index contributed by atoms with van der Waals surface area (Å²) in [4.78, 5) is 10.4. The molecule has 0 spiro atoms. The second kappa shape index (κ2) is 6.62. The Balaban J connectivity index is 2.46. The maximum atomic E-state index is 8.96. The van der Waals surface area contributed by atoms with E-state index in [1.807, 2.05) is 37.4 Å². The SMILES string of the molecule is CSc1cccc(Sc2nccc(C)n2)c1/C(N)=N/O. The van der Waals surface area contributed by atoms with E-state index in [1.165, 1.54) is 11.8 Å². The van der Waals surface area contributed by atoms with Crippen molar-refractivity contribution < 1.29 is 5.21 Å². The molecular weight excluding hydrogens is 292 g/mol. The van der Waals surface area contributed by atoms with Crippen LogP contribution in [0.25, 0.3) is 0 Å². The van der Waals surface area contributed by atoms with Crippen LogP contribution >= 0.6 is 23.5 Å². The van der Waals surface area contributed by atoms with Crippen LogP contribution in [0.4, 0.5) is 0 Å². The average molecular weight is 306 g/mol. The lowest BCUT2D eigenvalue weighted by atomic mass is 10.2. The predicted molar refractivity (Wildman–Crippen MR) is 81.6 cm³/mol. The number of aryl methyl sites for hydroxylation is 1. The van der Waals surface area contributed by atoms with Gasteiger partial charge in [0.15, 0.2) is 11.0 Å². The number of thioether (sulfide) groups is 1. The summed E-state index contributed by atoms with van der Waals surface area (Å²) in [6.07, 6.45) is 3.66. The Morgan fingerprint density at radius 2 is 2.05 bits per heavy atom. The average Bonchev–Trinajstić information content (AvgIpc) is 2.46. The molecule has 1 heterocycles. The van der Waals surface area contributed by atoms with Crippen LogP contribution in [0.3, 0.4) is 0 Å². The Labute approximate surface area is 125 Å². The van der Waals surface area contributed by atoms with E-state index < -0.39 is 0 Å². The Morgan fingerprint density at radius 3 is 2.70 bits per heavy atom. The molecule has 0 radical (unpaired) electrons. The van der Waals surface area contributed by atoms with E-state index in [1.54, 1.807) is 18.0 Å². The van der Waals surface area contributed by atoms with Gasteiger partial charge in [0.1, 0.15) is 0 Å². The van der Waals surface area contributed by atoms with Crippen LogP contribution in [0, 0.1) is 6.92 Å². The molecule has 0 amide bonds. The van der Waals surface area contributed by atoms with Crippen LogP contribution in [0.1, 0.15) is 11.3 Å². The van der Waals surface area contributed by atoms with E-state index in [4.69, 9.17) is 10.9 Å². The Bertz CT molecular complexity index is 646. The summed E-state index contributed by atoms with van der Waals surface area (Å²) in [5.41, 5.74) is 7.39. The fraction of sp³-hybridized carbons (Fsp3) is 0.154. The zero-order valence-corrected chi connectivity index (χ0v) is 12.7. The highest BCUT2D eigenvalue weighted by molar-refractivity contribution is 7.99. The maximum Gasteiger partial charge on any atom is 0.192 e. The number of aromatic nitrogens is 2. The van der Waals surface area contributed by atoms with Gasteiger partial charge in [-0.1, -0.05) is 11.2 Å². The fourth-order valence-electron chi connectivity index (χ4n) is 1.64. The molecule has 0 aliphatic rings. The van der Waals surface area contributed by atoms with Gasteiger partial charge in [0, 0.05) is 27.2 Å². The smallest absolute Gasteiger partial charge is 0.192 e. The van der Waals surface area contributed by atoms with E-state index in [0.29, 0.717) is 10.7 Å². The van der Waals surface area contributed by atoms with Crippen LogP contribution in [-0.4, -0.2) is 27.3 Å². The zero-order valence-electron chi connectivity index (χ0n) is 11.1. The van der Waals surface area contributed by atoms with Gasteiger partial charge in [0.2, 0.25) is 0 Å². The number of oxime groups is 1. The van der Waals surface area contributed by atoms with E-state index in [0.717, 1.165) is 15.5 Å². The molecule has 20 heavy (non-hydrogen) atoms. The lowest BCUT2D eigenvalue weighted by molar-refractivity contribution is 0.318. The van der Waals surface area contributed by atoms with Crippen LogP contribution in [-0.2, 0) is 0 Å². The first-order valence-corrected chi connectivity index (χ1v) is 7.82. The molecule has 5 nitrogen and oxygen atoms in total. The number of hydrogen-bond donors (Lipinski definition) is 2. The number of nitrogens with two attached hydrogens (primary N) is 1. The third-order valence-corrected chi connectivity index (χ3v) is 4.27.